The molecule has 0 spiro atoms. The fraction of sp³-hybridized carbons (Fsp3) is 0.682. The lowest BCUT2D eigenvalue weighted by molar-refractivity contribution is -0.130. The molecular formula is C22H33NO4S. The van der Waals surface area contributed by atoms with Crippen LogP contribution in [0, 0.1) is 0 Å². The van der Waals surface area contributed by atoms with Gasteiger partial charge in [0.15, 0.2) is 9.84 Å². The number of carbonyl (C=O) groups is 1. The first-order valence-corrected chi connectivity index (χ1v) is 12.5. The molecular weight excluding hydrogens is 374 g/mol. The summed E-state index contributed by atoms with van der Waals surface area (Å²) in [7, 11) is -3.26. The van der Waals surface area contributed by atoms with E-state index in [4.69, 9.17) is 0 Å². The summed E-state index contributed by atoms with van der Waals surface area (Å²) < 4.78 is 23.6. The van der Waals surface area contributed by atoms with Gasteiger partial charge in [-0.15, -0.1) is 0 Å². The highest BCUT2D eigenvalue weighted by Crippen LogP contribution is 2.40. The van der Waals surface area contributed by atoms with Gasteiger partial charge in [-0.25, -0.2) is 8.42 Å². The van der Waals surface area contributed by atoms with Gasteiger partial charge in [-0.05, 0) is 43.4 Å². The molecule has 156 valence electrons. The summed E-state index contributed by atoms with van der Waals surface area (Å²) in [5.41, 5.74) is 0.258. The molecule has 1 aromatic carbocycles. The Morgan fingerprint density at radius 1 is 0.964 bits per heavy atom. The van der Waals surface area contributed by atoms with Gasteiger partial charge in [0.05, 0.1) is 22.5 Å². The maximum atomic E-state index is 13.5. The number of hydrogen-bond donors (Lipinski definition) is 2. The minimum Gasteiger partial charge on any atom is -0.391 e. The van der Waals surface area contributed by atoms with Crippen molar-refractivity contribution in [3.63, 3.8) is 0 Å². The molecule has 0 unspecified atom stereocenters. The molecule has 6 heteroatoms. The molecule has 2 N–H and O–H groups in total. The van der Waals surface area contributed by atoms with E-state index in [1.165, 1.54) is 6.26 Å². The third kappa shape index (κ3) is 4.77. The van der Waals surface area contributed by atoms with E-state index in [0.717, 1.165) is 76.2 Å². The third-order valence-corrected chi connectivity index (χ3v) is 7.65. The lowest BCUT2D eigenvalue weighted by Gasteiger charge is -2.38. The minimum absolute atomic E-state index is 0.0103. The second-order valence-electron chi connectivity index (χ2n) is 8.58. The van der Waals surface area contributed by atoms with Crippen molar-refractivity contribution in [2.45, 2.75) is 93.1 Å². The number of amides is 1. The molecule has 1 amide bonds. The van der Waals surface area contributed by atoms with E-state index in [2.05, 4.69) is 5.32 Å². The van der Waals surface area contributed by atoms with Crippen molar-refractivity contribution in [1.82, 2.24) is 5.32 Å². The highest BCUT2D eigenvalue weighted by Gasteiger charge is 2.42. The fourth-order valence-electron chi connectivity index (χ4n) is 4.76. The summed E-state index contributed by atoms with van der Waals surface area (Å²) in [4.78, 5) is 13.7. The molecule has 0 aliphatic heterocycles. The van der Waals surface area contributed by atoms with Crippen LogP contribution in [0.4, 0.5) is 0 Å². The van der Waals surface area contributed by atoms with Gasteiger partial charge in [-0.3, -0.25) is 4.79 Å². The number of nitrogens with one attached hydrogen (secondary N) is 1. The van der Waals surface area contributed by atoms with Gasteiger partial charge in [0, 0.05) is 6.26 Å². The zero-order chi connectivity index (χ0) is 20.2. The predicted octanol–water partition coefficient (Wildman–Crippen LogP) is 3.49. The highest BCUT2D eigenvalue weighted by atomic mass is 32.2. The van der Waals surface area contributed by atoms with Gasteiger partial charge in [0.2, 0.25) is 5.91 Å². The summed E-state index contributed by atoms with van der Waals surface area (Å²) in [5.74, 6) is -0.0103. The molecule has 2 atom stereocenters. The van der Waals surface area contributed by atoms with Crippen LogP contribution >= 0.6 is 0 Å². The van der Waals surface area contributed by atoms with Crippen LogP contribution in [0.15, 0.2) is 29.2 Å². The largest absolute Gasteiger partial charge is 0.391 e. The molecule has 0 saturated heterocycles. The number of aliphatic hydroxyl groups is 1. The smallest absolute Gasteiger partial charge is 0.230 e. The number of rotatable bonds is 4. The van der Waals surface area contributed by atoms with Crippen LogP contribution in [0.3, 0.4) is 0 Å². The van der Waals surface area contributed by atoms with Crippen molar-refractivity contribution in [2.24, 2.45) is 0 Å². The summed E-state index contributed by atoms with van der Waals surface area (Å²) in [5, 5.41) is 13.7. The second-order valence-corrected chi connectivity index (χ2v) is 10.6. The van der Waals surface area contributed by atoms with Crippen molar-refractivity contribution >= 4 is 15.7 Å². The number of aliphatic hydroxyl groups excluding tert-OH is 1. The van der Waals surface area contributed by atoms with E-state index in [0.29, 0.717) is 0 Å². The van der Waals surface area contributed by atoms with Gasteiger partial charge >= 0.3 is 0 Å². The SMILES string of the molecule is CS(=O)(=O)c1ccc(C2(C(=O)N[C@H]3CCCCCC[C@@H]3O)CCCCC2)cc1. The Labute approximate surface area is 168 Å². The third-order valence-electron chi connectivity index (χ3n) is 6.52. The summed E-state index contributed by atoms with van der Waals surface area (Å²) >= 11 is 0. The predicted molar refractivity (Wildman–Crippen MR) is 110 cm³/mol. The lowest BCUT2D eigenvalue weighted by atomic mass is 9.68. The maximum Gasteiger partial charge on any atom is 0.230 e. The first-order chi connectivity index (χ1) is 13.3. The van der Waals surface area contributed by atoms with Gasteiger partial charge < -0.3 is 10.4 Å². The zero-order valence-electron chi connectivity index (χ0n) is 16.8. The molecule has 2 aliphatic rings. The Hall–Kier alpha value is -1.40. The quantitative estimate of drug-likeness (QED) is 0.800. The van der Waals surface area contributed by atoms with Gasteiger partial charge in [-0.2, -0.15) is 0 Å². The Morgan fingerprint density at radius 3 is 2.14 bits per heavy atom. The number of sulfone groups is 1. The van der Waals surface area contributed by atoms with Crippen LogP contribution in [0.5, 0.6) is 0 Å². The fourth-order valence-corrected chi connectivity index (χ4v) is 5.39. The molecule has 0 heterocycles. The topological polar surface area (TPSA) is 83.5 Å². The molecule has 0 bridgehead atoms. The molecule has 1 aromatic rings. The van der Waals surface area contributed by atoms with Crippen LogP contribution in [-0.2, 0) is 20.0 Å². The van der Waals surface area contributed by atoms with E-state index >= 15 is 0 Å². The average molecular weight is 408 g/mol. The zero-order valence-corrected chi connectivity index (χ0v) is 17.6. The van der Waals surface area contributed by atoms with Crippen molar-refractivity contribution < 1.29 is 18.3 Å². The van der Waals surface area contributed by atoms with Crippen molar-refractivity contribution in [3.05, 3.63) is 29.8 Å². The Kier molecular flexibility index (Phi) is 6.81. The normalized spacial score (nSPS) is 26.1. The molecule has 2 aliphatic carbocycles. The Balaban J connectivity index is 1.85. The first kappa shape index (κ1) is 21.3. The molecule has 2 fully saturated rings. The van der Waals surface area contributed by atoms with Gasteiger partial charge in [-0.1, -0.05) is 57.1 Å². The summed E-state index contributed by atoms with van der Waals surface area (Å²) in [6.07, 6.45) is 11.2. The number of hydrogen-bond acceptors (Lipinski definition) is 4. The van der Waals surface area contributed by atoms with E-state index in [1.807, 2.05) is 0 Å². The highest BCUT2D eigenvalue weighted by molar-refractivity contribution is 7.90. The number of carbonyl (C=O) groups excluding carboxylic acids is 1. The molecule has 0 aromatic heterocycles. The van der Waals surface area contributed by atoms with Crippen LogP contribution in [0.2, 0.25) is 0 Å². The van der Waals surface area contributed by atoms with Crippen LogP contribution in [-0.4, -0.2) is 37.8 Å². The summed E-state index contributed by atoms with van der Waals surface area (Å²) in [6, 6.07) is 6.63. The van der Waals surface area contributed by atoms with Gasteiger partial charge in [0.1, 0.15) is 0 Å². The van der Waals surface area contributed by atoms with E-state index in [9.17, 15) is 18.3 Å². The first-order valence-electron chi connectivity index (χ1n) is 10.6. The van der Waals surface area contributed by atoms with Crippen molar-refractivity contribution in [1.29, 1.82) is 0 Å². The van der Waals surface area contributed by atoms with E-state index in [-0.39, 0.29) is 16.8 Å². The lowest BCUT2D eigenvalue weighted by Crippen LogP contribution is -2.52. The molecule has 0 radical (unpaired) electrons. The van der Waals surface area contributed by atoms with Crippen molar-refractivity contribution in [3.8, 4) is 0 Å². The maximum absolute atomic E-state index is 13.5. The monoisotopic (exact) mass is 407 g/mol. The van der Waals surface area contributed by atoms with Crippen LogP contribution in [0.25, 0.3) is 0 Å². The van der Waals surface area contributed by atoms with Crippen LogP contribution < -0.4 is 5.32 Å². The second kappa shape index (κ2) is 8.95. The Bertz CT molecular complexity index is 766. The number of benzene rings is 1. The Morgan fingerprint density at radius 2 is 1.54 bits per heavy atom. The minimum atomic E-state index is -3.26. The van der Waals surface area contributed by atoms with Gasteiger partial charge in [0.25, 0.3) is 0 Å². The molecule has 5 nitrogen and oxygen atoms in total. The van der Waals surface area contributed by atoms with E-state index in [1.54, 1.807) is 24.3 Å². The van der Waals surface area contributed by atoms with E-state index < -0.39 is 21.4 Å². The van der Waals surface area contributed by atoms with Crippen molar-refractivity contribution in [2.75, 3.05) is 6.26 Å². The van der Waals surface area contributed by atoms with Crippen LogP contribution in [0.1, 0.15) is 76.2 Å². The molecule has 2 saturated carbocycles. The standard InChI is InChI=1S/C22H33NO4S/c1-28(26,27)18-13-11-17(12-14-18)22(15-7-4-8-16-22)21(25)23-19-9-5-2-3-6-10-20(19)24/h11-14,19-20,24H,2-10,15-16H2,1H3,(H,23,25)/t19-,20-/m0/s1. The molecule has 3 rings (SSSR count). The average Bonchev–Trinajstić information content (AvgIpc) is 2.67. The summed E-state index contributed by atoms with van der Waals surface area (Å²) in [6.45, 7) is 0. The molecule has 28 heavy (non-hydrogen) atoms.